The van der Waals surface area contributed by atoms with Crippen LogP contribution in [0.1, 0.15) is 6.92 Å². The molecule has 0 heterocycles. The number of benzene rings is 1. The molecule has 0 aliphatic carbocycles. The number of carbonyl (C=O) groups is 1. The first-order valence-electron chi connectivity index (χ1n) is 3.99. The van der Waals surface area contributed by atoms with Gasteiger partial charge in [-0.1, -0.05) is 18.2 Å². The molecule has 0 aliphatic heterocycles. The first-order chi connectivity index (χ1) is 6.24. The molecule has 0 aliphatic rings. The van der Waals surface area contributed by atoms with Gasteiger partial charge in [0.2, 0.25) is 0 Å². The van der Waals surface area contributed by atoms with Crippen molar-refractivity contribution in [1.29, 1.82) is 0 Å². The van der Waals surface area contributed by atoms with E-state index in [0.717, 1.165) is 5.69 Å². The summed E-state index contributed by atoms with van der Waals surface area (Å²) in [6.45, 7) is 1.67. The number of anilines is 1. The van der Waals surface area contributed by atoms with E-state index in [1.54, 1.807) is 12.4 Å². The van der Waals surface area contributed by atoms with E-state index in [-0.39, 0.29) is 0 Å². The second-order valence-corrected chi connectivity index (χ2v) is 2.71. The Kier molecular flexibility index (Phi) is 3.28. The van der Waals surface area contributed by atoms with E-state index in [1.807, 2.05) is 30.3 Å². The monoisotopic (exact) mass is 180 g/mol. The smallest absolute Gasteiger partial charge is 0.265 e. The van der Waals surface area contributed by atoms with E-state index in [4.69, 9.17) is 5.21 Å². The van der Waals surface area contributed by atoms with Crippen LogP contribution in [0, 0.1) is 0 Å². The van der Waals surface area contributed by atoms with E-state index in [1.165, 1.54) is 0 Å². The van der Waals surface area contributed by atoms with Crippen molar-refractivity contribution in [3.05, 3.63) is 30.3 Å². The van der Waals surface area contributed by atoms with Crippen LogP contribution in [-0.4, -0.2) is 17.2 Å². The molecule has 0 fully saturated rings. The molecule has 1 atom stereocenters. The number of amides is 1. The number of nitrogens with one attached hydrogen (secondary N) is 2. The van der Waals surface area contributed by atoms with Crippen molar-refractivity contribution in [3.63, 3.8) is 0 Å². The molecule has 1 aromatic carbocycles. The highest BCUT2D eigenvalue weighted by Gasteiger charge is 2.10. The Morgan fingerprint density at radius 3 is 2.54 bits per heavy atom. The topological polar surface area (TPSA) is 61.4 Å². The highest BCUT2D eigenvalue weighted by Crippen LogP contribution is 2.06. The first-order valence-corrected chi connectivity index (χ1v) is 3.99. The molecule has 3 N–H and O–H groups in total. The third-order valence-corrected chi connectivity index (χ3v) is 1.66. The quantitative estimate of drug-likeness (QED) is 0.480. The average molecular weight is 180 g/mol. The fourth-order valence-corrected chi connectivity index (χ4v) is 0.947. The maximum atomic E-state index is 10.9. The third-order valence-electron chi connectivity index (χ3n) is 1.66. The number of hydroxylamine groups is 1. The standard InChI is InChI=1S/C9H12N2O2/c1-7(9(12)11-13)10-8-5-3-2-4-6-8/h2-7,10,13H,1H3,(H,11,12). The molecule has 0 bridgehead atoms. The van der Waals surface area contributed by atoms with Crippen molar-refractivity contribution in [2.45, 2.75) is 13.0 Å². The molecule has 1 unspecified atom stereocenters. The van der Waals surface area contributed by atoms with Crippen LogP contribution in [0.25, 0.3) is 0 Å². The fraction of sp³-hybridized carbons (Fsp3) is 0.222. The largest absolute Gasteiger partial charge is 0.374 e. The number of rotatable bonds is 3. The molecule has 4 nitrogen and oxygen atoms in total. The Bertz CT molecular complexity index is 274. The van der Waals surface area contributed by atoms with Gasteiger partial charge in [-0.2, -0.15) is 0 Å². The van der Waals surface area contributed by atoms with E-state index < -0.39 is 11.9 Å². The van der Waals surface area contributed by atoms with Crippen molar-refractivity contribution >= 4 is 11.6 Å². The van der Waals surface area contributed by atoms with Gasteiger partial charge in [0, 0.05) is 5.69 Å². The summed E-state index contributed by atoms with van der Waals surface area (Å²) in [4.78, 5) is 10.9. The van der Waals surface area contributed by atoms with Gasteiger partial charge in [0.1, 0.15) is 6.04 Å². The predicted octanol–water partition coefficient (Wildman–Crippen LogP) is 0.992. The van der Waals surface area contributed by atoms with Gasteiger partial charge >= 0.3 is 0 Å². The molecule has 13 heavy (non-hydrogen) atoms. The van der Waals surface area contributed by atoms with Crippen LogP contribution in [0.4, 0.5) is 5.69 Å². The zero-order valence-corrected chi connectivity index (χ0v) is 7.32. The van der Waals surface area contributed by atoms with E-state index >= 15 is 0 Å². The van der Waals surface area contributed by atoms with Crippen LogP contribution in [0.5, 0.6) is 0 Å². The number of carbonyl (C=O) groups excluding carboxylic acids is 1. The van der Waals surface area contributed by atoms with Gasteiger partial charge in [-0.05, 0) is 19.1 Å². The van der Waals surface area contributed by atoms with Gasteiger partial charge in [-0.15, -0.1) is 0 Å². The first kappa shape index (κ1) is 9.54. The molecular weight excluding hydrogens is 168 g/mol. The Labute approximate surface area is 76.5 Å². The van der Waals surface area contributed by atoms with Crippen LogP contribution in [-0.2, 0) is 4.79 Å². The zero-order valence-electron chi connectivity index (χ0n) is 7.32. The molecule has 0 aromatic heterocycles. The summed E-state index contributed by atoms with van der Waals surface area (Å²) < 4.78 is 0. The summed E-state index contributed by atoms with van der Waals surface area (Å²) in [5.41, 5.74) is 2.43. The van der Waals surface area contributed by atoms with Gasteiger partial charge in [-0.25, -0.2) is 5.48 Å². The van der Waals surface area contributed by atoms with E-state index in [0.29, 0.717) is 0 Å². The van der Waals surface area contributed by atoms with Gasteiger partial charge in [0.25, 0.3) is 5.91 Å². The van der Waals surface area contributed by atoms with Gasteiger partial charge < -0.3 is 5.32 Å². The lowest BCUT2D eigenvalue weighted by Crippen LogP contribution is -2.35. The highest BCUT2D eigenvalue weighted by molar-refractivity contribution is 5.83. The van der Waals surface area contributed by atoms with Crippen molar-refractivity contribution in [1.82, 2.24) is 5.48 Å². The molecule has 1 aromatic rings. The third kappa shape index (κ3) is 2.76. The molecule has 0 spiro atoms. The summed E-state index contributed by atoms with van der Waals surface area (Å²) >= 11 is 0. The number of hydrogen-bond acceptors (Lipinski definition) is 3. The summed E-state index contributed by atoms with van der Waals surface area (Å²) in [5.74, 6) is -0.455. The summed E-state index contributed by atoms with van der Waals surface area (Å²) in [6, 6.07) is 8.87. The minimum atomic E-state index is -0.455. The molecule has 1 amide bonds. The molecule has 1 rings (SSSR count). The Morgan fingerprint density at radius 1 is 1.38 bits per heavy atom. The summed E-state index contributed by atoms with van der Waals surface area (Å²) in [7, 11) is 0. The van der Waals surface area contributed by atoms with E-state index in [9.17, 15) is 4.79 Å². The van der Waals surface area contributed by atoms with Crippen molar-refractivity contribution in [3.8, 4) is 0 Å². The highest BCUT2D eigenvalue weighted by atomic mass is 16.5. The van der Waals surface area contributed by atoms with E-state index in [2.05, 4.69) is 5.32 Å². The van der Waals surface area contributed by atoms with Gasteiger partial charge in [-0.3, -0.25) is 10.0 Å². The van der Waals surface area contributed by atoms with Crippen molar-refractivity contribution < 1.29 is 10.0 Å². The second-order valence-electron chi connectivity index (χ2n) is 2.71. The van der Waals surface area contributed by atoms with Crippen LogP contribution in [0.3, 0.4) is 0 Å². The van der Waals surface area contributed by atoms with Crippen LogP contribution >= 0.6 is 0 Å². The maximum absolute atomic E-state index is 10.9. The Hall–Kier alpha value is -1.55. The molecule has 0 saturated heterocycles. The van der Waals surface area contributed by atoms with Crippen LogP contribution in [0.15, 0.2) is 30.3 Å². The fourth-order valence-electron chi connectivity index (χ4n) is 0.947. The lowest BCUT2D eigenvalue weighted by molar-refractivity contribution is -0.129. The Balaban J connectivity index is 2.55. The van der Waals surface area contributed by atoms with Gasteiger partial charge in [0.05, 0.1) is 0 Å². The summed E-state index contributed by atoms with van der Waals surface area (Å²) in [5, 5.41) is 11.3. The zero-order chi connectivity index (χ0) is 9.68. The second kappa shape index (κ2) is 4.47. The SMILES string of the molecule is CC(Nc1ccccc1)C(=O)NO. The maximum Gasteiger partial charge on any atom is 0.265 e. The summed E-state index contributed by atoms with van der Waals surface area (Å²) in [6.07, 6.45) is 0. The average Bonchev–Trinajstić information content (AvgIpc) is 2.18. The van der Waals surface area contributed by atoms with Crippen LogP contribution in [0.2, 0.25) is 0 Å². The number of para-hydroxylation sites is 1. The molecule has 0 radical (unpaired) electrons. The molecule has 0 saturated carbocycles. The Morgan fingerprint density at radius 2 is 2.00 bits per heavy atom. The number of hydrogen-bond donors (Lipinski definition) is 3. The molecule has 4 heteroatoms. The van der Waals surface area contributed by atoms with Crippen LogP contribution < -0.4 is 10.8 Å². The van der Waals surface area contributed by atoms with Gasteiger partial charge in [0.15, 0.2) is 0 Å². The lowest BCUT2D eigenvalue weighted by Gasteiger charge is -2.12. The molecular formula is C9H12N2O2. The minimum Gasteiger partial charge on any atom is -0.374 e. The lowest BCUT2D eigenvalue weighted by atomic mass is 10.2. The normalized spacial score (nSPS) is 11.8. The van der Waals surface area contributed by atoms with Crippen molar-refractivity contribution in [2.24, 2.45) is 0 Å². The predicted molar refractivity (Wildman–Crippen MR) is 49.5 cm³/mol. The minimum absolute atomic E-state index is 0.451. The molecule has 70 valence electrons. The van der Waals surface area contributed by atoms with Crippen molar-refractivity contribution in [2.75, 3.05) is 5.32 Å².